The van der Waals surface area contributed by atoms with E-state index < -0.39 is 0 Å². The molecule has 0 spiro atoms. The monoisotopic (exact) mass is 260 g/mol. The summed E-state index contributed by atoms with van der Waals surface area (Å²) in [5.41, 5.74) is 6.02. The highest BCUT2D eigenvalue weighted by molar-refractivity contribution is 7.12. The fraction of sp³-hybridized carbons (Fsp3) is 0.154. The molecular weight excluding hydrogens is 248 g/mol. The number of nitrogens with one attached hydrogen (secondary N) is 1. The van der Waals surface area contributed by atoms with Crippen LogP contribution in [0.5, 0.6) is 0 Å². The molecule has 0 aromatic carbocycles. The predicted octanol–water partition coefficient (Wildman–Crippen LogP) is 1.58. The van der Waals surface area contributed by atoms with E-state index in [-0.39, 0.29) is 12.5 Å². The Morgan fingerprint density at radius 3 is 3.11 bits per heavy atom. The van der Waals surface area contributed by atoms with Gasteiger partial charge in [0.05, 0.1) is 19.4 Å². The van der Waals surface area contributed by atoms with Crippen molar-refractivity contribution < 1.29 is 9.21 Å². The lowest BCUT2D eigenvalue weighted by molar-refractivity contribution is 0.0952. The maximum atomic E-state index is 11.9. The van der Waals surface area contributed by atoms with Gasteiger partial charge in [0.1, 0.15) is 10.6 Å². The van der Waals surface area contributed by atoms with Gasteiger partial charge in [-0.15, -0.1) is 11.3 Å². The first-order chi connectivity index (χ1) is 8.81. The molecule has 0 aliphatic carbocycles. The maximum Gasteiger partial charge on any atom is 0.263 e. The van der Waals surface area contributed by atoms with Crippen LogP contribution in [0.25, 0.3) is 0 Å². The van der Waals surface area contributed by atoms with Gasteiger partial charge in [-0.3, -0.25) is 4.79 Å². The SMILES string of the molecule is NCC#Cc1ccsc1C(=O)NCc1ccco1. The number of hydrogen-bond acceptors (Lipinski definition) is 4. The number of nitrogens with two attached hydrogens (primary N) is 1. The lowest BCUT2D eigenvalue weighted by Gasteiger charge is -2.01. The van der Waals surface area contributed by atoms with Crippen LogP contribution in [0, 0.1) is 11.8 Å². The number of furan rings is 1. The molecule has 92 valence electrons. The van der Waals surface area contributed by atoms with E-state index in [9.17, 15) is 4.79 Å². The second-order valence-electron chi connectivity index (χ2n) is 3.43. The van der Waals surface area contributed by atoms with Gasteiger partial charge < -0.3 is 15.5 Å². The molecule has 1 amide bonds. The highest BCUT2D eigenvalue weighted by atomic mass is 32.1. The molecule has 5 heteroatoms. The summed E-state index contributed by atoms with van der Waals surface area (Å²) in [6.45, 7) is 0.650. The third-order valence-corrected chi connectivity index (χ3v) is 3.11. The fourth-order valence-corrected chi connectivity index (χ4v) is 2.16. The van der Waals surface area contributed by atoms with Gasteiger partial charge >= 0.3 is 0 Å². The first-order valence-electron chi connectivity index (χ1n) is 5.38. The third kappa shape index (κ3) is 3.00. The molecule has 2 rings (SSSR count). The summed E-state index contributed by atoms with van der Waals surface area (Å²) in [7, 11) is 0. The van der Waals surface area contributed by atoms with Gasteiger partial charge in [-0.2, -0.15) is 0 Å². The minimum atomic E-state index is -0.150. The van der Waals surface area contributed by atoms with Crippen molar-refractivity contribution in [1.82, 2.24) is 5.32 Å². The number of amides is 1. The fourth-order valence-electron chi connectivity index (χ4n) is 1.39. The van der Waals surface area contributed by atoms with Crippen LogP contribution < -0.4 is 11.1 Å². The molecule has 0 bridgehead atoms. The van der Waals surface area contributed by atoms with Crippen LogP contribution in [-0.2, 0) is 6.54 Å². The van der Waals surface area contributed by atoms with Crippen LogP contribution in [-0.4, -0.2) is 12.5 Å². The standard InChI is InChI=1S/C13H12N2O2S/c14-6-1-3-10-5-8-18-12(10)13(16)15-9-11-4-2-7-17-11/h2,4-5,7-8H,6,9,14H2,(H,15,16). The average molecular weight is 260 g/mol. The maximum absolute atomic E-state index is 11.9. The number of hydrogen-bond donors (Lipinski definition) is 2. The molecule has 0 radical (unpaired) electrons. The van der Waals surface area contributed by atoms with Crippen LogP contribution in [0.15, 0.2) is 34.3 Å². The van der Waals surface area contributed by atoms with Gasteiger partial charge in [0.25, 0.3) is 5.91 Å². The van der Waals surface area contributed by atoms with Crippen LogP contribution in [0.3, 0.4) is 0 Å². The molecule has 2 heterocycles. The highest BCUT2D eigenvalue weighted by Crippen LogP contribution is 2.15. The Hall–Kier alpha value is -2.03. The Morgan fingerprint density at radius 1 is 1.50 bits per heavy atom. The Kier molecular flexibility index (Phi) is 4.18. The second kappa shape index (κ2) is 6.05. The van der Waals surface area contributed by atoms with Crippen molar-refractivity contribution in [2.45, 2.75) is 6.54 Å². The van der Waals surface area contributed by atoms with E-state index in [0.29, 0.717) is 17.0 Å². The molecule has 0 fully saturated rings. The molecule has 2 aromatic heterocycles. The van der Waals surface area contributed by atoms with Crippen molar-refractivity contribution in [2.24, 2.45) is 5.73 Å². The number of rotatable bonds is 3. The largest absolute Gasteiger partial charge is 0.467 e. The molecule has 2 aromatic rings. The van der Waals surface area contributed by atoms with Gasteiger partial charge in [0.15, 0.2) is 0 Å². The molecular formula is C13H12N2O2S. The van der Waals surface area contributed by atoms with E-state index in [1.165, 1.54) is 11.3 Å². The lowest BCUT2D eigenvalue weighted by Crippen LogP contribution is -2.22. The summed E-state index contributed by atoms with van der Waals surface area (Å²) < 4.78 is 5.14. The molecule has 0 saturated heterocycles. The van der Waals surface area contributed by atoms with Crippen LogP contribution in [0.2, 0.25) is 0 Å². The molecule has 0 unspecified atom stereocenters. The smallest absolute Gasteiger partial charge is 0.263 e. The third-order valence-electron chi connectivity index (χ3n) is 2.20. The van der Waals surface area contributed by atoms with Crippen molar-refractivity contribution in [3.8, 4) is 11.8 Å². The van der Waals surface area contributed by atoms with Gasteiger partial charge in [-0.25, -0.2) is 0 Å². The van der Waals surface area contributed by atoms with E-state index >= 15 is 0 Å². The topological polar surface area (TPSA) is 68.3 Å². The van der Waals surface area contributed by atoms with E-state index in [0.717, 1.165) is 5.76 Å². The Bertz CT molecular complexity index is 576. The zero-order chi connectivity index (χ0) is 12.8. The molecule has 3 N–H and O–H groups in total. The summed E-state index contributed by atoms with van der Waals surface area (Å²) in [5, 5.41) is 4.62. The molecule has 18 heavy (non-hydrogen) atoms. The Balaban J connectivity index is 2.02. The first-order valence-corrected chi connectivity index (χ1v) is 6.26. The number of carbonyl (C=O) groups excluding carboxylic acids is 1. The Labute approximate surface area is 109 Å². The first kappa shape index (κ1) is 12.4. The lowest BCUT2D eigenvalue weighted by atomic mass is 10.2. The van der Waals surface area contributed by atoms with Gasteiger partial charge in [-0.05, 0) is 23.6 Å². The number of thiophene rings is 1. The summed E-state index contributed by atoms with van der Waals surface area (Å²) in [6.07, 6.45) is 1.57. The van der Waals surface area contributed by atoms with E-state index in [2.05, 4.69) is 17.2 Å². The van der Waals surface area contributed by atoms with Crippen molar-refractivity contribution in [3.05, 3.63) is 46.0 Å². The van der Waals surface area contributed by atoms with Crippen molar-refractivity contribution in [3.63, 3.8) is 0 Å². The van der Waals surface area contributed by atoms with Gasteiger partial charge in [-0.1, -0.05) is 11.8 Å². The second-order valence-corrected chi connectivity index (χ2v) is 4.35. The summed E-state index contributed by atoms with van der Waals surface area (Å²) in [4.78, 5) is 12.5. The van der Waals surface area contributed by atoms with E-state index in [4.69, 9.17) is 10.2 Å². The van der Waals surface area contributed by atoms with Crippen LogP contribution in [0.4, 0.5) is 0 Å². The summed E-state index contributed by atoms with van der Waals surface area (Å²) >= 11 is 1.36. The Morgan fingerprint density at radius 2 is 2.39 bits per heavy atom. The minimum absolute atomic E-state index is 0.150. The predicted molar refractivity (Wildman–Crippen MR) is 70.1 cm³/mol. The molecule has 4 nitrogen and oxygen atoms in total. The quantitative estimate of drug-likeness (QED) is 0.823. The molecule has 0 saturated carbocycles. The van der Waals surface area contributed by atoms with Crippen molar-refractivity contribution in [2.75, 3.05) is 6.54 Å². The van der Waals surface area contributed by atoms with E-state index in [1.54, 1.807) is 12.3 Å². The molecule has 0 aliphatic rings. The normalized spacial score (nSPS) is 9.61. The molecule has 0 atom stereocenters. The summed E-state index contributed by atoms with van der Waals surface area (Å²) in [6, 6.07) is 5.41. The highest BCUT2D eigenvalue weighted by Gasteiger charge is 2.11. The van der Waals surface area contributed by atoms with Crippen molar-refractivity contribution in [1.29, 1.82) is 0 Å². The van der Waals surface area contributed by atoms with E-state index in [1.807, 2.05) is 17.5 Å². The minimum Gasteiger partial charge on any atom is -0.467 e. The van der Waals surface area contributed by atoms with Crippen molar-refractivity contribution >= 4 is 17.2 Å². The van der Waals surface area contributed by atoms with Crippen LogP contribution in [0.1, 0.15) is 21.0 Å². The zero-order valence-corrected chi connectivity index (χ0v) is 10.4. The van der Waals surface area contributed by atoms with Crippen LogP contribution >= 0.6 is 11.3 Å². The average Bonchev–Trinajstić information content (AvgIpc) is 3.04. The van der Waals surface area contributed by atoms with Gasteiger partial charge in [0, 0.05) is 5.56 Å². The molecule has 0 aliphatic heterocycles. The zero-order valence-electron chi connectivity index (χ0n) is 9.60. The van der Waals surface area contributed by atoms with Gasteiger partial charge in [0.2, 0.25) is 0 Å². The number of carbonyl (C=O) groups is 1. The summed E-state index contributed by atoms with van der Waals surface area (Å²) in [5.74, 6) is 6.19.